The predicted octanol–water partition coefficient (Wildman–Crippen LogP) is 2.49. The molecule has 2 heterocycles. The van der Waals surface area contributed by atoms with Crippen LogP contribution >= 0.6 is 12.4 Å². The molecule has 2 amide bonds. The van der Waals surface area contributed by atoms with Crippen molar-refractivity contribution >= 4 is 24.2 Å². The fraction of sp³-hybridized carbons (Fsp3) is 0.619. The quantitative estimate of drug-likeness (QED) is 0.809. The summed E-state index contributed by atoms with van der Waals surface area (Å²) in [5.74, 6) is 0.809. The lowest BCUT2D eigenvalue weighted by Crippen LogP contribution is -2.51. The van der Waals surface area contributed by atoms with Gasteiger partial charge in [-0.1, -0.05) is 25.1 Å². The Bertz CT molecular complexity index is 659. The van der Waals surface area contributed by atoms with E-state index in [9.17, 15) is 14.0 Å². The lowest BCUT2D eigenvalue weighted by atomic mass is 9.84. The van der Waals surface area contributed by atoms with Crippen LogP contribution in [0.3, 0.4) is 0 Å². The number of rotatable bonds is 5. The summed E-state index contributed by atoms with van der Waals surface area (Å²) in [5.41, 5.74) is 0.428. The molecule has 0 bridgehead atoms. The highest BCUT2D eigenvalue weighted by molar-refractivity contribution is 5.85. The van der Waals surface area contributed by atoms with Gasteiger partial charge in [-0.3, -0.25) is 9.59 Å². The van der Waals surface area contributed by atoms with Crippen LogP contribution < -0.4 is 5.32 Å². The first-order valence-electron chi connectivity index (χ1n) is 10.0. The van der Waals surface area contributed by atoms with Crippen molar-refractivity contribution in [2.24, 2.45) is 11.8 Å². The fourth-order valence-electron chi connectivity index (χ4n) is 4.11. The number of nitrogens with zero attached hydrogens (tertiary/aromatic N) is 2. The number of hydrogen-bond acceptors (Lipinski definition) is 3. The fourth-order valence-corrected chi connectivity index (χ4v) is 4.11. The van der Waals surface area contributed by atoms with Gasteiger partial charge in [0.15, 0.2) is 0 Å². The molecule has 0 radical (unpaired) electrons. The van der Waals surface area contributed by atoms with E-state index in [1.165, 1.54) is 6.07 Å². The zero-order chi connectivity index (χ0) is 19.2. The van der Waals surface area contributed by atoms with Crippen molar-refractivity contribution in [3.8, 4) is 0 Å². The van der Waals surface area contributed by atoms with Crippen LogP contribution in [0.25, 0.3) is 0 Å². The molecule has 7 heteroatoms. The third kappa shape index (κ3) is 5.92. The first-order chi connectivity index (χ1) is 13.0. The zero-order valence-electron chi connectivity index (χ0n) is 16.5. The van der Waals surface area contributed by atoms with Crippen LogP contribution in [-0.4, -0.2) is 60.9 Å². The second kappa shape index (κ2) is 10.8. The monoisotopic (exact) mass is 411 g/mol. The van der Waals surface area contributed by atoms with E-state index < -0.39 is 0 Å². The van der Waals surface area contributed by atoms with E-state index in [-0.39, 0.29) is 36.5 Å². The van der Waals surface area contributed by atoms with Gasteiger partial charge in [0.1, 0.15) is 5.82 Å². The molecule has 0 spiro atoms. The van der Waals surface area contributed by atoms with E-state index in [2.05, 4.69) is 12.2 Å². The summed E-state index contributed by atoms with van der Waals surface area (Å²) >= 11 is 0. The maximum absolute atomic E-state index is 13.7. The van der Waals surface area contributed by atoms with Gasteiger partial charge in [-0.05, 0) is 49.4 Å². The lowest BCUT2D eigenvalue weighted by molar-refractivity contribution is -0.140. The van der Waals surface area contributed by atoms with E-state index in [1.54, 1.807) is 23.1 Å². The number of piperidine rings is 1. The molecule has 5 nitrogen and oxygen atoms in total. The molecule has 0 saturated carbocycles. The normalized spacial score (nSPS) is 19.1. The highest BCUT2D eigenvalue weighted by Crippen LogP contribution is 2.25. The second-order valence-electron chi connectivity index (χ2n) is 7.80. The SMILES string of the molecule is CC(CC(=O)N1CCN(C(=O)Cc2ccccc2F)CC1)C1CCNCC1.Cl. The van der Waals surface area contributed by atoms with Gasteiger partial charge in [-0.25, -0.2) is 4.39 Å². The molecule has 1 aromatic carbocycles. The van der Waals surface area contributed by atoms with Crippen molar-refractivity contribution in [3.63, 3.8) is 0 Å². The Balaban J connectivity index is 0.00000280. The molecular formula is C21H31ClFN3O2. The Kier molecular flexibility index (Phi) is 8.70. The molecule has 1 unspecified atom stereocenters. The van der Waals surface area contributed by atoms with Gasteiger partial charge in [0, 0.05) is 32.6 Å². The Morgan fingerprint density at radius 1 is 1.07 bits per heavy atom. The number of halogens is 2. The van der Waals surface area contributed by atoms with Crippen LogP contribution in [-0.2, 0) is 16.0 Å². The molecule has 3 rings (SSSR count). The van der Waals surface area contributed by atoms with Crippen molar-refractivity contribution in [2.75, 3.05) is 39.3 Å². The summed E-state index contributed by atoms with van der Waals surface area (Å²) in [6, 6.07) is 6.39. The molecular weight excluding hydrogens is 381 g/mol. The zero-order valence-corrected chi connectivity index (χ0v) is 17.3. The maximum atomic E-state index is 13.7. The smallest absolute Gasteiger partial charge is 0.227 e. The van der Waals surface area contributed by atoms with Crippen LogP contribution in [0.5, 0.6) is 0 Å². The molecule has 1 aromatic rings. The first kappa shape index (κ1) is 22.6. The summed E-state index contributed by atoms with van der Waals surface area (Å²) in [6.07, 6.45) is 2.96. The number of amides is 2. The van der Waals surface area contributed by atoms with Crippen LogP contribution in [0.1, 0.15) is 31.7 Å². The molecule has 1 N–H and O–H groups in total. The molecule has 2 saturated heterocycles. The van der Waals surface area contributed by atoms with Gasteiger partial charge in [0.05, 0.1) is 6.42 Å². The molecule has 2 fully saturated rings. The van der Waals surface area contributed by atoms with E-state index in [0.29, 0.717) is 50.0 Å². The number of piperazine rings is 1. The Morgan fingerprint density at radius 3 is 2.25 bits per heavy atom. The molecule has 28 heavy (non-hydrogen) atoms. The Labute approximate surface area is 173 Å². The summed E-state index contributed by atoms with van der Waals surface area (Å²) < 4.78 is 13.7. The van der Waals surface area contributed by atoms with Gasteiger partial charge in [0.2, 0.25) is 11.8 Å². The third-order valence-electron chi connectivity index (χ3n) is 5.97. The van der Waals surface area contributed by atoms with Gasteiger partial charge in [-0.2, -0.15) is 0 Å². The third-order valence-corrected chi connectivity index (χ3v) is 5.97. The van der Waals surface area contributed by atoms with Crippen molar-refractivity contribution in [1.82, 2.24) is 15.1 Å². The number of carbonyl (C=O) groups is 2. The molecule has 1 atom stereocenters. The number of hydrogen-bond donors (Lipinski definition) is 1. The predicted molar refractivity (Wildman–Crippen MR) is 110 cm³/mol. The number of benzene rings is 1. The molecule has 2 aliphatic rings. The average Bonchev–Trinajstić information content (AvgIpc) is 2.70. The minimum Gasteiger partial charge on any atom is -0.339 e. The van der Waals surface area contributed by atoms with Crippen LogP contribution in [0, 0.1) is 17.7 Å². The van der Waals surface area contributed by atoms with Gasteiger partial charge in [0.25, 0.3) is 0 Å². The Hall–Kier alpha value is -1.66. The highest BCUT2D eigenvalue weighted by Gasteiger charge is 2.27. The summed E-state index contributed by atoms with van der Waals surface area (Å²) in [4.78, 5) is 28.7. The van der Waals surface area contributed by atoms with Crippen molar-refractivity contribution in [3.05, 3.63) is 35.6 Å². The van der Waals surface area contributed by atoms with Crippen molar-refractivity contribution < 1.29 is 14.0 Å². The largest absolute Gasteiger partial charge is 0.339 e. The molecule has 0 aromatic heterocycles. The summed E-state index contributed by atoms with van der Waals surface area (Å²) in [7, 11) is 0. The van der Waals surface area contributed by atoms with Crippen LogP contribution in [0.2, 0.25) is 0 Å². The van der Waals surface area contributed by atoms with E-state index >= 15 is 0 Å². The van der Waals surface area contributed by atoms with Crippen molar-refractivity contribution in [2.45, 2.75) is 32.6 Å². The minimum atomic E-state index is -0.341. The maximum Gasteiger partial charge on any atom is 0.227 e. The second-order valence-corrected chi connectivity index (χ2v) is 7.80. The number of nitrogens with one attached hydrogen (secondary N) is 1. The van der Waals surface area contributed by atoms with Crippen molar-refractivity contribution in [1.29, 1.82) is 0 Å². The van der Waals surface area contributed by atoms with Gasteiger partial charge >= 0.3 is 0 Å². The summed E-state index contributed by atoms with van der Waals surface area (Å²) in [6.45, 7) is 6.48. The molecule has 156 valence electrons. The van der Waals surface area contributed by atoms with E-state index in [4.69, 9.17) is 0 Å². The van der Waals surface area contributed by atoms with E-state index in [0.717, 1.165) is 25.9 Å². The minimum absolute atomic E-state index is 0. The topological polar surface area (TPSA) is 52.7 Å². The highest BCUT2D eigenvalue weighted by atomic mass is 35.5. The molecule has 0 aliphatic carbocycles. The molecule has 2 aliphatic heterocycles. The lowest BCUT2D eigenvalue weighted by Gasteiger charge is -2.36. The van der Waals surface area contributed by atoms with Crippen LogP contribution in [0.15, 0.2) is 24.3 Å². The van der Waals surface area contributed by atoms with Crippen LogP contribution in [0.4, 0.5) is 4.39 Å². The average molecular weight is 412 g/mol. The van der Waals surface area contributed by atoms with Gasteiger partial charge in [-0.15, -0.1) is 12.4 Å². The standard InChI is InChI=1S/C21H30FN3O2.ClH/c1-16(17-6-8-23-9-7-17)14-20(26)24-10-12-25(13-11-24)21(27)15-18-4-2-3-5-19(18)22;/h2-5,16-17,23H,6-15H2,1H3;1H. The van der Waals surface area contributed by atoms with Gasteiger partial charge < -0.3 is 15.1 Å². The first-order valence-corrected chi connectivity index (χ1v) is 10.0. The summed E-state index contributed by atoms with van der Waals surface area (Å²) in [5, 5.41) is 3.37. The number of carbonyl (C=O) groups excluding carboxylic acids is 2. The van der Waals surface area contributed by atoms with E-state index in [1.807, 2.05) is 4.90 Å². The Morgan fingerprint density at radius 2 is 1.64 bits per heavy atom.